The van der Waals surface area contributed by atoms with E-state index in [1.165, 1.54) is 11.1 Å². The van der Waals surface area contributed by atoms with Crippen LogP contribution in [0.4, 0.5) is 4.79 Å². The molecule has 2 aromatic rings. The van der Waals surface area contributed by atoms with Crippen LogP contribution in [0.25, 0.3) is 0 Å². The van der Waals surface area contributed by atoms with Gasteiger partial charge in [-0.1, -0.05) is 0 Å². The van der Waals surface area contributed by atoms with Gasteiger partial charge in [-0.3, -0.25) is 4.98 Å². The highest BCUT2D eigenvalue weighted by Crippen LogP contribution is 2.31. The van der Waals surface area contributed by atoms with E-state index in [-0.39, 0.29) is 18.1 Å². The van der Waals surface area contributed by atoms with Gasteiger partial charge in [0.25, 0.3) is 0 Å². The van der Waals surface area contributed by atoms with E-state index in [0.717, 1.165) is 25.8 Å². The Labute approximate surface area is 135 Å². The Hall–Kier alpha value is -1.88. The van der Waals surface area contributed by atoms with Crippen molar-refractivity contribution in [2.45, 2.75) is 38.3 Å². The SMILES string of the molecule is CC(Cc1ccsc1)NC(=O)N1CCCC1c1ccncc1. The van der Waals surface area contributed by atoms with Crippen molar-refractivity contribution in [3.63, 3.8) is 0 Å². The number of urea groups is 1. The van der Waals surface area contributed by atoms with E-state index < -0.39 is 0 Å². The average Bonchev–Trinajstić information content (AvgIpc) is 3.18. The molecule has 3 heterocycles. The highest BCUT2D eigenvalue weighted by atomic mass is 32.1. The van der Waals surface area contributed by atoms with Gasteiger partial charge in [-0.2, -0.15) is 11.3 Å². The molecule has 5 heteroatoms. The van der Waals surface area contributed by atoms with E-state index in [1.54, 1.807) is 23.7 Å². The molecule has 2 amide bonds. The lowest BCUT2D eigenvalue weighted by atomic mass is 10.1. The van der Waals surface area contributed by atoms with Crippen LogP contribution >= 0.6 is 11.3 Å². The van der Waals surface area contributed by atoms with Gasteiger partial charge >= 0.3 is 6.03 Å². The summed E-state index contributed by atoms with van der Waals surface area (Å²) in [6.45, 7) is 2.89. The summed E-state index contributed by atoms with van der Waals surface area (Å²) in [7, 11) is 0. The van der Waals surface area contributed by atoms with Crippen molar-refractivity contribution in [2.24, 2.45) is 0 Å². The minimum absolute atomic E-state index is 0.0436. The molecule has 1 aliphatic rings. The van der Waals surface area contributed by atoms with Crippen molar-refractivity contribution < 1.29 is 4.79 Å². The second kappa shape index (κ2) is 6.92. The minimum Gasteiger partial charge on any atom is -0.335 e. The molecule has 0 saturated carbocycles. The van der Waals surface area contributed by atoms with Crippen LogP contribution in [0, 0.1) is 0 Å². The van der Waals surface area contributed by atoms with E-state index in [9.17, 15) is 4.79 Å². The molecule has 0 bridgehead atoms. The average molecular weight is 315 g/mol. The fourth-order valence-corrected chi connectivity index (χ4v) is 3.73. The molecule has 22 heavy (non-hydrogen) atoms. The standard InChI is InChI=1S/C17H21N3OS/c1-13(11-14-6-10-22-12-14)19-17(21)20-9-2-3-16(20)15-4-7-18-8-5-15/h4-8,10,12-13,16H,2-3,9,11H2,1H3,(H,19,21). The van der Waals surface area contributed by atoms with Crippen LogP contribution < -0.4 is 5.32 Å². The van der Waals surface area contributed by atoms with Gasteiger partial charge in [0.05, 0.1) is 6.04 Å². The van der Waals surface area contributed by atoms with Crippen molar-refractivity contribution in [1.29, 1.82) is 0 Å². The predicted octanol–water partition coefficient (Wildman–Crippen LogP) is 3.62. The molecule has 2 atom stereocenters. The summed E-state index contributed by atoms with van der Waals surface area (Å²) in [5.74, 6) is 0. The van der Waals surface area contributed by atoms with Gasteiger partial charge in [0, 0.05) is 25.0 Å². The van der Waals surface area contributed by atoms with Gasteiger partial charge in [-0.25, -0.2) is 4.79 Å². The Kier molecular flexibility index (Phi) is 4.73. The van der Waals surface area contributed by atoms with E-state index in [2.05, 4.69) is 34.1 Å². The molecule has 0 radical (unpaired) electrons. The fraction of sp³-hybridized carbons (Fsp3) is 0.412. The number of rotatable bonds is 4. The number of thiophene rings is 1. The molecule has 3 rings (SSSR count). The van der Waals surface area contributed by atoms with Crippen LogP contribution in [0.1, 0.15) is 36.9 Å². The predicted molar refractivity (Wildman–Crippen MR) is 88.9 cm³/mol. The van der Waals surface area contributed by atoms with Crippen LogP contribution in [0.15, 0.2) is 41.4 Å². The molecule has 1 aliphatic heterocycles. The number of aromatic nitrogens is 1. The van der Waals surface area contributed by atoms with Crippen LogP contribution in [0.5, 0.6) is 0 Å². The van der Waals surface area contributed by atoms with Gasteiger partial charge in [0.2, 0.25) is 0 Å². The van der Waals surface area contributed by atoms with Crippen molar-refractivity contribution in [3.05, 3.63) is 52.5 Å². The second-order valence-corrected chi connectivity index (χ2v) is 6.60. The maximum absolute atomic E-state index is 12.6. The monoisotopic (exact) mass is 315 g/mol. The van der Waals surface area contributed by atoms with E-state index in [0.29, 0.717) is 0 Å². The molecule has 1 saturated heterocycles. The molecule has 4 nitrogen and oxygen atoms in total. The Morgan fingerprint density at radius 3 is 3.00 bits per heavy atom. The van der Waals surface area contributed by atoms with Crippen molar-refractivity contribution in [2.75, 3.05) is 6.54 Å². The number of carbonyl (C=O) groups excluding carboxylic acids is 1. The number of likely N-dealkylation sites (tertiary alicyclic amines) is 1. The number of hydrogen-bond acceptors (Lipinski definition) is 3. The number of nitrogens with one attached hydrogen (secondary N) is 1. The third-order valence-electron chi connectivity index (χ3n) is 4.10. The van der Waals surface area contributed by atoms with Gasteiger partial charge in [0.1, 0.15) is 0 Å². The quantitative estimate of drug-likeness (QED) is 0.936. The first-order chi connectivity index (χ1) is 10.7. The van der Waals surface area contributed by atoms with Crippen molar-refractivity contribution in [1.82, 2.24) is 15.2 Å². The topological polar surface area (TPSA) is 45.2 Å². The first kappa shape index (κ1) is 15.0. The summed E-state index contributed by atoms with van der Waals surface area (Å²) in [6.07, 6.45) is 6.55. The molecule has 1 fully saturated rings. The Balaban J connectivity index is 1.61. The first-order valence-electron chi connectivity index (χ1n) is 7.72. The molecule has 2 aromatic heterocycles. The fourth-order valence-electron chi connectivity index (χ4n) is 3.05. The number of nitrogens with zero attached hydrogens (tertiary/aromatic N) is 2. The zero-order valence-corrected chi connectivity index (χ0v) is 13.6. The largest absolute Gasteiger partial charge is 0.335 e. The summed E-state index contributed by atoms with van der Waals surface area (Å²) in [5, 5.41) is 7.35. The van der Waals surface area contributed by atoms with E-state index in [4.69, 9.17) is 0 Å². The van der Waals surface area contributed by atoms with Crippen LogP contribution in [0.2, 0.25) is 0 Å². The Bertz CT molecular complexity index is 600. The van der Waals surface area contributed by atoms with Gasteiger partial charge in [0.15, 0.2) is 0 Å². The summed E-state index contributed by atoms with van der Waals surface area (Å²) < 4.78 is 0. The van der Waals surface area contributed by atoms with E-state index in [1.807, 2.05) is 17.0 Å². The molecule has 2 unspecified atom stereocenters. The molecule has 1 N–H and O–H groups in total. The van der Waals surface area contributed by atoms with Gasteiger partial charge < -0.3 is 10.2 Å². The van der Waals surface area contributed by atoms with Crippen LogP contribution in [-0.2, 0) is 6.42 Å². The maximum Gasteiger partial charge on any atom is 0.318 e. The molecule has 0 aliphatic carbocycles. The number of hydrogen-bond donors (Lipinski definition) is 1. The lowest BCUT2D eigenvalue weighted by Gasteiger charge is -2.27. The van der Waals surface area contributed by atoms with Crippen LogP contribution in [-0.4, -0.2) is 28.5 Å². The molecular weight excluding hydrogens is 294 g/mol. The second-order valence-electron chi connectivity index (χ2n) is 5.82. The summed E-state index contributed by atoms with van der Waals surface area (Å²) >= 11 is 1.69. The van der Waals surface area contributed by atoms with Crippen molar-refractivity contribution in [3.8, 4) is 0 Å². The maximum atomic E-state index is 12.6. The van der Waals surface area contributed by atoms with Gasteiger partial charge in [-0.05, 0) is 66.3 Å². The Morgan fingerprint density at radius 2 is 2.27 bits per heavy atom. The summed E-state index contributed by atoms with van der Waals surface area (Å²) in [5.41, 5.74) is 2.46. The third-order valence-corrected chi connectivity index (χ3v) is 4.83. The van der Waals surface area contributed by atoms with Crippen molar-refractivity contribution >= 4 is 17.4 Å². The molecule has 0 aromatic carbocycles. The van der Waals surface area contributed by atoms with Gasteiger partial charge in [-0.15, -0.1) is 0 Å². The normalized spacial score (nSPS) is 19.1. The lowest BCUT2D eigenvalue weighted by molar-refractivity contribution is 0.189. The number of carbonyl (C=O) groups is 1. The zero-order valence-electron chi connectivity index (χ0n) is 12.7. The summed E-state index contributed by atoms with van der Waals surface area (Å²) in [4.78, 5) is 18.6. The van der Waals surface area contributed by atoms with Crippen LogP contribution in [0.3, 0.4) is 0 Å². The number of amides is 2. The Morgan fingerprint density at radius 1 is 1.45 bits per heavy atom. The number of pyridine rings is 1. The zero-order chi connectivity index (χ0) is 15.4. The highest BCUT2D eigenvalue weighted by Gasteiger charge is 2.30. The summed E-state index contributed by atoms with van der Waals surface area (Å²) in [6, 6.07) is 6.48. The minimum atomic E-state index is 0.0436. The smallest absolute Gasteiger partial charge is 0.318 e. The van der Waals surface area contributed by atoms with E-state index >= 15 is 0 Å². The lowest BCUT2D eigenvalue weighted by Crippen LogP contribution is -2.44. The molecular formula is C17H21N3OS. The molecule has 116 valence electrons. The highest BCUT2D eigenvalue weighted by molar-refractivity contribution is 7.07. The first-order valence-corrected chi connectivity index (χ1v) is 8.66. The third kappa shape index (κ3) is 3.47. The molecule has 0 spiro atoms.